The molecule has 4 nitrogen and oxygen atoms in total. The minimum Gasteiger partial charge on any atom is -0.488 e. The van der Waals surface area contributed by atoms with Crippen molar-refractivity contribution in [3.63, 3.8) is 0 Å². The van der Waals surface area contributed by atoms with Gasteiger partial charge in [0.05, 0.1) is 12.6 Å². The minimum atomic E-state index is -0.244. The van der Waals surface area contributed by atoms with E-state index in [-0.39, 0.29) is 12.3 Å². The normalized spacial score (nSPS) is 10.9. The number of nitrogens with zero attached hydrogens (tertiary/aromatic N) is 1. The van der Waals surface area contributed by atoms with Gasteiger partial charge in [-0.15, -0.1) is 0 Å². The number of halogens is 3. The standard InChI is InChI=1S/C22H17Cl3N2O2/c23-18-6-4-15(5-7-18)11-22(28)27-26-13-17-12-20(25)8-9-21(17)29-14-16-2-1-3-19(24)10-16/h1-10,12-13H,11,14H2,(H,27,28)/b26-13+. The Balaban J connectivity index is 1.62. The van der Waals surface area contributed by atoms with Crippen LogP contribution < -0.4 is 10.2 Å². The van der Waals surface area contributed by atoms with Crippen LogP contribution in [0.25, 0.3) is 0 Å². The Bertz CT molecular complexity index is 1020. The number of carbonyl (C=O) groups excluding carboxylic acids is 1. The van der Waals surface area contributed by atoms with E-state index in [1.165, 1.54) is 6.21 Å². The average Bonchev–Trinajstić information content (AvgIpc) is 2.69. The van der Waals surface area contributed by atoms with Gasteiger partial charge in [-0.05, 0) is 53.6 Å². The van der Waals surface area contributed by atoms with Crippen LogP contribution in [-0.2, 0) is 17.8 Å². The highest BCUT2D eigenvalue weighted by Gasteiger charge is 2.06. The van der Waals surface area contributed by atoms with Gasteiger partial charge in [0.2, 0.25) is 5.91 Å². The zero-order chi connectivity index (χ0) is 20.6. The summed E-state index contributed by atoms with van der Waals surface area (Å²) in [5, 5.41) is 5.82. The molecule has 0 bridgehead atoms. The highest BCUT2D eigenvalue weighted by atomic mass is 35.5. The van der Waals surface area contributed by atoms with Gasteiger partial charge in [0.1, 0.15) is 12.4 Å². The fourth-order valence-corrected chi connectivity index (χ4v) is 3.06. The van der Waals surface area contributed by atoms with Crippen molar-refractivity contribution in [2.24, 2.45) is 5.10 Å². The van der Waals surface area contributed by atoms with Gasteiger partial charge in [-0.2, -0.15) is 5.10 Å². The number of hydrogen-bond donors (Lipinski definition) is 1. The molecule has 3 rings (SSSR count). The molecule has 1 amide bonds. The van der Waals surface area contributed by atoms with Gasteiger partial charge in [0.15, 0.2) is 0 Å². The molecule has 0 aliphatic rings. The third-order valence-corrected chi connectivity index (χ3v) is 4.65. The van der Waals surface area contributed by atoms with Crippen molar-refractivity contribution in [1.82, 2.24) is 5.43 Å². The monoisotopic (exact) mass is 446 g/mol. The Kier molecular flexibility index (Phi) is 7.53. The summed E-state index contributed by atoms with van der Waals surface area (Å²) in [5.74, 6) is 0.345. The Morgan fingerprint density at radius 2 is 1.62 bits per heavy atom. The summed E-state index contributed by atoms with van der Waals surface area (Å²) in [7, 11) is 0. The number of ether oxygens (including phenoxy) is 1. The zero-order valence-corrected chi connectivity index (χ0v) is 17.5. The van der Waals surface area contributed by atoms with Crippen LogP contribution in [0, 0.1) is 0 Å². The molecule has 7 heteroatoms. The first-order valence-electron chi connectivity index (χ1n) is 8.73. The molecular formula is C22H17Cl3N2O2. The quantitative estimate of drug-likeness (QED) is 0.361. The molecule has 3 aromatic carbocycles. The second-order valence-corrected chi connectivity index (χ2v) is 7.51. The average molecular weight is 448 g/mol. The largest absolute Gasteiger partial charge is 0.488 e. The van der Waals surface area contributed by atoms with Crippen molar-refractivity contribution in [2.45, 2.75) is 13.0 Å². The summed E-state index contributed by atoms with van der Waals surface area (Å²) in [6.45, 7) is 0.339. The molecule has 0 radical (unpaired) electrons. The number of benzene rings is 3. The molecular weight excluding hydrogens is 431 g/mol. The third-order valence-electron chi connectivity index (χ3n) is 3.93. The maximum absolute atomic E-state index is 12.1. The summed E-state index contributed by atoms with van der Waals surface area (Å²) in [5.41, 5.74) is 4.93. The van der Waals surface area contributed by atoms with Gasteiger partial charge in [0.25, 0.3) is 0 Å². The van der Waals surface area contributed by atoms with Crippen LogP contribution in [0.15, 0.2) is 71.8 Å². The molecule has 0 heterocycles. The maximum atomic E-state index is 12.1. The predicted molar refractivity (Wildman–Crippen MR) is 118 cm³/mol. The van der Waals surface area contributed by atoms with E-state index in [0.29, 0.717) is 33.0 Å². The van der Waals surface area contributed by atoms with Crippen molar-refractivity contribution in [1.29, 1.82) is 0 Å². The fourth-order valence-electron chi connectivity index (χ4n) is 2.54. The highest BCUT2D eigenvalue weighted by molar-refractivity contribution is 6.31. The molecule has 148 valence electrons. The SMILES string of the molecule is O=C(Cc1ccc(Cl)cc1)N/N=C/c1cc(Cl)ccc1OCc1cccc(Cl)c1. The smallest absolute Gasteiger partial charge is 0.244 e. The molecule has 3 aromatic rings. The molecule has 1 N–H and O–H groups in total. The van der Waals surface area contributed by atoms with Crippen LogP contribution >= 0.6 is 34.8 Å². The first-order valence-corrected chi connectivity index (χ1v) is 9.86. The third kappa shape index (κ3) is 6.79. The Morgan fingerprint density at radius 1 is 0.897 bits per heavy atom. The van der Waals surface area contributed by atoms with E-state index >= 15 is 0 Å². The van der Waals surface area contributed by atoms with Crippen molar-refractivity contribution >= 4 is 46.9 Å². The maximum Gasteiger partial charge on any atom is 0.244 e. The van der Waals surface area contributed by atoms with Gasteiger partial charge < -0.3 is 4.74 Å². The van der Waals surface area contributed by atoms with Gasteiger partial charge in [-0.3, -0.25) is 4.79 Å². The first kappa shape index (κ1) is 21.2. The van der Waals surface area contributed by atoms with Crippen LogP contribution in [0.5, 0.6) is 5.75 Å². The second kappa shape index (κ2) is 10.3. The van der Waals surface area contributed by atoms with E-state index in [4.69, 9.17) is 39.5 Å². The fraction of sp³-hybridized carbons (Fsp3) is 0.0909. The summed E-state index contributed by atoms with van der Waals surface area (Å²) in [6.07, 6.45) is 1.70. The summed E-state index contributed by atoms with van der Waals surface area (Å²) >= 11 is 17.9. The molecule has 29 heavy (non-hydrogen) atoms. The molecule has 0 atom stereocenters. The summed E-state index contributed by atoms with van der Waals surface area (Å²) < 4.78 is 5.86. The lowest BCUT2D eigenvalue weighted by atomic mass is 10.1. The van der Waals surface area contributed by atoms with E-state index in [0.717, 1.165) is 11.1 Å². The minimum absolute atomic E-state index is 0.197. The highest BCUT2D eigenvalue weighted by Crippen LogP contribution is 2.23. The van der Waals surface area contributed by atoms with Gasteiger partial charge in [-0.1, -0.05) is 59.1 Å². The van der Waals surface area contributed by atoms with E-state index in [1.54, 1.807) is 48.5 Å². The molecule has 0 aliphatic carbocycles. The summed E-state index contributed by atoms with van der Waals surface area (Å²) in [6, 6.07) is 19.7. The van der Waals surface area contributed by atoms with Crippen LogP contribution in [0.1, 0.15) is 16.7 Å². The van der Waals surface area contributed by atoms with Crippen molar-refractivity contribution in [3.8, 4) is 5.75 Å². The van der Waals surface area contributed by atoms with E-state index in [9.17, 15) is 4.79 Å². The predicted octanol–water partition coefficient (Wildman–Crippen LogP) is 5.92. The van der Waals surface area contributed by atoms with Gasteiger partial charge in [-0.25, -0.2) is 5.43 Å². The van der Waals surface area contributed by atoms with Crippen molar-refractivity contribution in [3.05, 3.63) is 98.5 Å². The molecule has 0 aromatic heterocycles. The number of hydrazone groups is 1. The van der Waals surface area contributed by atoms with Crippen LogP contribution in [0.4, 0.5) is 0 Å². The van der Waals surface area contributed by atoms with Crippen LogP contribution in [0.2, 0.25) is 15.1 Å². The second-order valence-electron chi connectivity index (χ2n) is 6.20. The Morgan fingerprint density at radius 3 is 2.38 bits per heavy atom. The number of rotatable bonds is 7. The van der Waals surface area contributed by atoms with Crippen LogP contribution in [-0.4, -0.2) is 12.1 Å². The number of amides is 1. The van der Waals surface area contributed by atoms with E-state index in [2.05, 4.69) is 10.5 Å². The molecule has 0 fully saturated rings. The first-order chi connectivity index (χ1) is 14.0. The van der Waals surface area contributed by atoms with Gasteiger partial charge in [0, 0.05) is 20.6 Å². The molecule has 0 spiro atoms. The van der Waals surface area contributed by atoms with E-state index < -0.39 is 0 Å². The molecule has 0 aliphatic heterocycles. The van der Waals surface area contributed by atoms with Crippen molar-refractivity contribution in [2.75, 3.05) is 0 Å². The molecule has 0 saturated heterocycles. The van der Waals surface area contributed by atoms with Crippen LogP contribution in [0.3, 0.4) is 0 Å². The lowest BCUT2D eigenvalue weighted by Gasteiger charge is -2.10. The lowest BCUT2D eigenvalue weighted by molar-refractivity contribution is -0.120. The lowest BCUT2D eigenvalue weighted by Crippen LogP contribution is -2.19. The van der Waals surface area contributed by atoms with E-state index in [1.807, 2.05) is 18.2 Å². The Labute approximate surface area is 184 Å². The molecule has 0 saturated carbocycles. The topological polar surface area (TPSA) is 50.7 Å². The summed E-state index contributed by atoms with van der Waals surface area (Å²) in [4.78, 5) is 12.1. The van der Waals surface area contributed by atoms with Gasteiger partial charge >= 0.3 is 0 Å². The van der Waals surface area contributed by atoms with Crippen molar-refractivity contribution < 1.29 is 9.53 Å². The number of carbonyl (C=O) groups is 1. The number of nitrogens with one attached hydrogen (secondary N) is 1. The molecule has 0 unspecified atom stereocenters. The number of hydrogen-bond acceptors (Lipinski definition) is 3. The zero-order valence-electron chi connectivity index (χ0n) is 15.2. The Hall–Kier alpha value is -2.53.